The number of rotatable bonds is 6. The molecule has 1 saturated heterocycles. The molecule has 1 aromatic heterocycles. The van der Waals surface area contributed by atoms with Gasteiger partial charge in [0.05, 0.1) is 10.8 Å². The quantitative estimate of drug-likeness (QED) is 0.477. The first kappa shape index (κ1) is 22.0. The second-order valence-electron chi connectivity index (χ2n) is 8.11. The van der Waals surface area contributed by atoms with Gasteiger partial charge in [-0.1, -0.05) is 31.1 Å². The fourth-order valence-corrected chi connectivity index (χ4v) is 5.73. The molecule has 0 bridgehead atoms. The first-order valence-corrected chi connectivity index (χ1v) is 13.1. The molecule has 164 valence electrons. The number of thioether (sulfide) groups is 1. The molecule has 3 aromatic rings. The molecule has 1 atom stereocenters. The molecule has 0 aliphatic carbocycles. The summed E-state index contributed by atoms with van der Waals surface area (Å²) in [5.41, 5.74) is 2.01. The standard InChI is InChI=1S/C23H27N3O3S2/c1-16(2)17-8-12-21(13-9-17)31(27,28)26-14-4-5-19(15-26)23-24-22(25-29-23)18-6-10-20(30-3)11-7-18/h6-13,16,19H,4-5,14-15H2,1-3H3/t19-/m0/s1. The Labute approximate surface area is 188 Å². The van der Waals surface area contributed by atoms with E-state index in [1.807, 2.05) is 42.7 Å². The van der Waals surface area contributed by atoms with E-state index in [0.717, 1.165) is 24.0 Å². The molecule has 1 aliphatic heterocycles. The summed E-state index contributed by atoms with van der Waals surface area (Å²) in [7, 11) is -3.56. The molecule has 0 radical (unpaired) electrons. The lowest BCUT2D eigenvalue weighted by Crippen LogP contribution is -2.39. The molecule has 1 aliphatic rings. The van der Waals surface area contributed by atoms with Crippen molar-refractivity contribution in [1.29, 1.82) is 0 Å². The predicted molar refractivity (Wildman–Crippen MR) is 123 cm³/mol. The third-order valence-electron chi connectivity index (χ3n) is 5.71. The van der Waals surface area contributed by atoms with Gasteiger partial charge in [-0.3, -0.25) is 0 Å². The zero-order valence-electron chi connectivity index (χ0n) is 18.0. The fourth-order valence-electron chi connectivity index (χ4n) is 3.79. The lowest BCUT2D eigenvalue weighted by Gasteiger charge is -2.30. The predicted octanol–water partition coefficient (Wildman–Crippen LogP) is 5.15. The molecule has 31 heavy (non-hydrogen) atoms. The molecule has 2 aromatic carbocycles. The van der Waals surface area contributed by atoms with Crippen LogP contribution in [-0.2, 0) is 10.0 Å². The van der Waals surface area contributed by atoms with E-state index in [9.17, 15) is 8.42 Å². The Kier molecular flexibility index (Phi) is 6.50. The summed E-state index contributed by atoms with van der Waals surface area (Å²) in [5, 5.41) is 4.13. The van der Waals surface area contributed by atoms with E-state index >= 15 is 0 Å². The van der Waals surface area contributed by atoms with Crippen molar-refractivity contribution in [2.24, 2.45) is 0 Å². The summed E-state index contributed by atoms with van der Waals surface area (Å²) in [4.78, 5) is 6.07. The summed E-state index contributed by atoms with van der Waals surface area (Å²) in [6.07, 6.45) is 3.61. The Morgan fingerprint density at radius 3 is 2.45 bits per heavy atom. The van der Waals surface area contributed by atoms with Crippen LogP contribution in [0.15, 0.2) is 62.8 Å². The molecule has 8 heteroatoms. The average molecular weight is 458 g/mol. The van der Waals surface area contributed by atoms with Crippen LogP contribution in [0.3, 0.4) is 0 Å². The minimum Gasteiger partial charge on any atom is -0.339 e. The lowest BCUT2D eigenvalue weighted by molar-refractivity contribution is 0.265. The minimum atomic E-state index is -3.56. The van der Waals surface area contributed by atoms with Gasteiger partial charge >= 0.3 is 0 Å². The molecule has 0 unspecified atom stereocenters. The number of nitrogens with zero attached hydrogens (tertiary/aromatic N) is 3. The number of hydrogen-bond donors (Lipinski definition) is 0. The number of aromatic nitrogens is 2. The molecule has 0 spiro atoms. The van der Waals surface area contributed by atoms with Crippen LogP contribution >= 0.6 is 11.8 Å². The van der Waals surface area contributed by atoms with Crippen molar-refractivity contribution in [2.75, 3.05) is 19.3 Å². The SMILES string of the molecule is CSc1ccc(-c2noc([C@H]3CCCN(S(=O)(=O)c4ccc(C(C)C)cc4)C3)n2)cc1. The smallest absolute Gasteiger partial charge is 0.243 e. The van der Waals surface area contributed by atoms with Gasteiger partial charge in [-0.2, -0.15) is 9.29 Å². The van der Waals surface area contributed by atoms with Crippen LogP contribution < -0.4 is 0 Å². The summed E-state index contributed by atoms with van der Waals surface area (Å²) in [6.45, 7) is 5.03. The molecular formula is C23H27N3O3S2. The van der Waals surface area contributed by atoms with Crippen LogP contribution in [0.4, 0.5) is 0 Å². The first-order chi connectivity index (χ1) is 14.9. The summed E-state index contributed by atoms with van der Waals surface area (Å²) < 4.78 is 33.5. The zero-order valence-corrected chi connectivity index (χ0v) is 19.6. The third kappa shape index (κ3) is 4.71. The van der Waals surface area contributed by atoms with Gasteiger partial charge in [-0.15, -0.1) is 11.8 Å². The van der Waals surface area contributed by atoms with E-state index in [2.05, 4.69) is 24.0 Å². The number of piperidine rings is 1. The van der Waals surface area contributed by atoms with Gasteiger partial charge in [0, 0.05) is 23.5 Å². The third-order valence-corrected chi connectivity index (χ3v) is 8.33. The molecule has 2 heterocycles. The van der Waals surface area contributed by atoms with Crippen LogP contribution in [-0.4, -0.2) is 42.2 Å². The summed E-state index contributed by atoms with van der Waals surface area (Å²) in [5.74, 6) is 1.29. The molecular weight excluding hydrogens is 430 g/mol. The number of hydrogen-bond acceptors (Lipinski definition) is 6. The van der Waals surface area contributed by atoms with Crippen molar-refractivity contribution < 1.29 is 12.9 Å². The minimum absolute atomic E-state index is 0.106. The highest BCUT2D eigenvalue weighted by molar-refractivity contribution is 7.98. The van der Waals surface area contributed by atoms with Gasteiger partial charge < -0.3 is 4.52 Å². The number of benzene rings is 2. The Morgan fingerprint density at radius 2 is 1.81 bits per heavy atom. The zero-order chi connectivity index (χ0) is 22.0. The van der Waals surface area contributed by atoms with Gasteiger partial charge in [0.2, 0.25) is 21.7 Å². The Hall–Kier alpha value is -2.16. The van der Waals surface area contributed by atoms with Crippen molar-refractivity contribution in [3.63, 3.8) is 0 Å². The second kappa shape index (κ2) is 9.14. The van der Waals surface area contributed by atoms with Gasteiger partial charge in [-0.05, 0) is 67.0 Å². The van der Waals surface area contributed by atoms with Crippen LogP contribution in [0, 0.1) is 0 Å². The maximum Gasteiger partial charge on any atom is 0.243 e. The Morgan fingerprint density at radius 1 is 1.10 bits per heavy atom. The van der Waals surface area contributed by atoms with Crippen LogP contribution in [0.1, 0.15) is 50.0 Å². The summed E-state index contributed by atoms with van der Waals surface area (Å²) in [6, 6.07) is 15.2. The van der Waals surface area contributed by atoms with E-state index in [0.29, 0.717) is 35.6 Å². The molecule has 4 rings (SSSR count). The van der Waals surface area contributed by atoms with Crippen LogP contribution in [0.5, 0.6) is 0 Å². The Balaban J connectivity index is 1.51. The highest BCUT2D eigenvalue weighted by atomic mass is 32.2. The summed E-state index contributed by atoms with van der Waals surface area (Å²) >= 11 is 1.68. The van der Waals surface area contributed by atoms with Gasteiger partial charge in [-0.25, -0.2) is 8.42 Å². The lowest BCUT2D eigenvalue weighted by atomic mass is 10.00. The molecule has 0 amide bonds. The highest BCUT2D eigenvalue weighted by Crippen LogP contribution is 2.31. The van der Waals surface area contributed by atoms with E-state index in [4.69, 9.17) is 4.52 Å². The van der Waals surface area contributed by atoms with Gasteiger partial charge in [0.25, 0.3) is 0 Å². The van der Waals surface area contributed by atoms with Crippen molar-refractivity contribution >= 4 is 21.8 Å². The van der Waals surface area contributed by atoms with Crippen molar-refractivity contribution in [3.05, 3.63) is 60.0 Å². The topological polar surface area (TPSA) is 76.3 Å². The molecule has 0 N–H and O–H groups in total. The van der Waals surface area contributed by atoms with Crippen molar-refractivity contribution in [1.82, 2.24) is 14.4 Å². The van der Waals surface area contributed by atoms with Crippen molar-refractivity contribution in [3.8, 4) is 11.4 Å². The van der Waals surface area contributed by atoms with E-state index in [-0.39, 0.29) is 5.92 Å². The normalized spacial score (nSPS) is 17.9. The average Bonchev–Trinajstić information content (AvgIpc) is 3.30. The first-order valence-electron chi connectivity index (χ1n) is 10.5. The van der Waals surface area contributed by atoms with Crippen LogP contribution in [0.2, 0.25) is 0 Å². The maximum atomic E-state index is 13.2. The van der Waals surface area contributed by atoms with Gasteiger partial charge in [0.1, 0.15) is 0 Å². The van der Waals surface area contributed by atoms with E-state index in [1.165, 1.54) is 4.90 Å². The number of sulfonamides is 1. The molecule has 0 saturated carbocycles. The molecule has 1 fully saturated rings. The molecule has 6 nitrogen and oxygen atoms in total. The monoisotopic (exact) mass is 457 g/mol. The second-order valence-corrected chi connectivity index (χ2v) is 10.9. The van der Waals surface area contributed by atoms with Gasteiger partial charge in [0.15, 0.2) is 0 Å². The largest absolute Gasteiger partial charge is 0.339 e. The highest BCUT2D eigenvalue weighted by Gasteiger charge is 2.33. The fraction of sp³-hybridized carbons (Fsp3) is 0.391. The van der Waals surface area contributed by atoms with Crippen molar-refractivity contribution in [2.45, 2.75) is 48.3 Å². The maximum absolute atomic E-state index is 13.2. The van der Waals surface area contributed by atoms with E-state index in [1.54, 1.807) is 28.2 Å². The Bertz CT molecular complexity index is 1120. The van der Waals surface area contributed by atoms with Crippen LogP contribution in [0.25, 0.3) is 11.4 Å². The van der Waals surface area contributed by atoms with E-state index < -0.39 is 10.0 Å².